The first-order valence-electron chi connectivity index (χ1n) is 5.65. The summed E-state index contributed by atoms with van der Waals surface area (Å²) in [6, 6.07) is 0. The Morgan fingerprint density at radius 1 is 0.824 bits per heavy atom. The summed E-state index contributed by atoms with van der Waals surface area (Å²) in [5, 5.41) is 0. The molecular formula is C14H24O2Si. The predicted octanol–water partition coefficient (Wildman–Crippen LogP) is 2.78. The van der Waals surface area contributed by atoms with Crippen LogP contribution >= 0.6 is 0 Å². The SMILES string of the molecule is C=CC(C)(C=C)CO[SiH2]OCC(C)(C=C)C=C. The minimum Gasteiger partial charge on any atom is -0.398 e. The van der Waals surface area contributed by atoms with E-state index in [9.17, 15) is 0 Å². The fourth-order valence-electron chi connectivity index (χ4n) is 0.984. The van der Waals surface area contributed by atoms with Crippen molar-refractivity contribution >= 4 is 10.0 Å². The van der Waals surface area contributed by atoms with Gasteiger partial charge in [0.1, 0.15) is 0 Å². The molecule has 0 unspecified atom stereocenters. The molecule has 0 radical (unpaired) electrons. The summed E-state index contributed by atoms with van der Waals surface area (Å²) in [5.74, 6) is 0. The molecule has 0 amide bonds. The average Bonchev–Trinajstić information content (AvgIpc) is 2.37. The van der Waals surface area contributed by atoms with Gasteiger partial charge in [0.2, 0.25) is 0 Å². The molecule has 96 valence electrons. The van der Waals surface area contributed by atoms with Crippen molar-refractivity contribution in [2.24, 2.45) is 10.8 Å². The predicted molar refractivity (Wildman–Crippen MR) is 77.5 cm³/mol. The van der Waals surface area contributed by atoms with E-state index in [1.54, 1.807) is 0 Å². The Balaban J connectivity index is 3.87. The van der Waals surface area contributed by atoms with Crippen LogP contribution in [0.3, 0.4) is 0 Å². The van der Waals surface area contributed by atoms with Crippen LogP contribution in [-0.2, 0) is 8.85 Å². The summed E-state index contributed by atoms with van der Waals surface area (Å²) in [6.07, 6.45) is 7.36. The highest BCUT2D eigenvalue weighted by molar-refractivity contribution is 6.17. The van der Waals surface area contributed by atoms with Crippen molar-refractivity contribution in [1.29, 1.82) is 0 Å². The second-order valence-electron chi connectivity index (χ2n) is 4.64. The van der Waals surface area contributed by atoms with Gasteiger partial charge in [0.05, 0.1) is 0 Å². The van der Waals surface area contributed by atoms with Crippen LogP contribution in [0.4, 0.5) is 0 Å². The van der Waals surface area contributed by atoms with Gasteiger partial charge in [-0.15, -0.1) is 26.3 Å². The third kappa shape index (κ3) is 5.82. The zero-order valence-corrected chi connectivity index (χ0v) is 12.5. The Kier molecular flexibility index (Phi) is 7.03. The summed E-state index contributed by atoms with van der Waals surface area (Å²) in [5.41, 5.74) is -0.340. The fourth-order valence-corrected chi connectivity index (χ4v) is 2.15. The summed E-state index contributed by atoms with van der Waals surface area (Å²) in [6.45, 7) is 20.3. The Morgan fingerprint density at radius 2 is 1.12 bits per heavy atom. The molecule has 0 aliphatic rings. The first kappa shape index (κ1) is 16.1. The van der Waals surface area contributed by atoms with E-state index >= 15 is 0 Å². The van der Waals surface area contributed by atoms with Crippen molar-refractivity contribution < 1.29 is 8.85 Å². The molecule has 0 bridgehead atoms. The van der Waals surface area contributed by atoms with Crippen LogP contribution in [0, 0.1) is 10.8 Å². The summed E-state index contributed by atoms with van der Waals surface area (Å²) < 4.78 is 11.1. The van der Waals surface area contributed by atoms with E-state index in [2.05, 4.69) is 26.3 Å². The van der Waals surface area contributed by atoms with Crippen LogP contribution < -0.4 is 0 Å². The molecule has 0 aromatic carbocycles. The third-order valence-electron chi connectivity index (χ3n) is 2.86. The molecule has 3 heteroatoms. The molecule has 0 spiro atoms. The minimum absolute atomic E-state index is 0.170. The first-order valence-corrected chi connectivity index (χ1v) is 6.80. The third-order valence-corrected chi connectivity index (χ3v) is 3.60. The van der Waals surface area contributed by atoms with Crippen LogP contribution in [0.15, 0.2) is 50.6 Å². The molecule has 0 aliphatic heterocycles. The lowest BCUT2D eigenvalue weighted by atomic mass is 9.93. The number of rotatable bonds is 10. The van der Waals surface area contributed by atoms with E-state index in [0.717, 1.165) is 0 Å². The maximum atomic E-state index is 5.57. The average molecular weight is 252 g/mol. The van der Waals surface area contributed by atoms with Crippen molar-refractivity contribution in [3.05, 3.63) is 50.6 Å². The monoisotopic (exact) mass is 252 g/mol. The Morgan fingerprint density at radius 3 is 1.35 bits per heavy atom. The highest BCUT2D eigenvalue weighted by atomic mass is 28.3. The molecule has 17 heavy (non-hydrogen) atoms. The van der Waals surface area contributed by atoms with Crippen molar-refractivity contribution in [3.8, 4) is 0 Å². The molecule has 0 aliphatic carbocycles. The molecular weight excluding hydrogens is 228 g/mol. The van der Waals surface area contributed by atoms with Gasteiger partial charge in [0, 0.05) is 24.0 Å². The van der Waals surface area contributed by atoms with Crippen LogP contribution in [-0.4, -0.2) is 23.2 Å². The van der Waals surface area contributed by atoms with E-state index in [1.807, 2.05) is 38.2 Å². The van der Waals surface area contributed by atoms with Crippen molar-refractivity contribution in [2.75, 3.05) is 13.2 Å². The van der Waals surface area contributed by atoms with Gasteiger partial charge in [-0.3, -0.25) is 0 Å². The Hall–Kier alpha value is -0.903. The smallest absolute Gasteiger partial charge is 0.304 e. The molecule has 0 N–H and O–H groups in total. The topological polar surface area (TPSA) is 18.5 Å². The lowest BCUT2D eigenvalue weighted by molar-refractivity contribution is 0.163. The normalized spacial score (nSPS) is 11.9. The van der Waals surface area contributed by atoms with E-state index in [4.69, 9.17) is 8.85 Å². The Bertz CT molecular complexity index is 240. The van der Waals surface area contributed by atoms with E-state index in [1.165, 1.54) is 0 Å². The quantitative estimate of drug-likeness (QED) is 0.338. The van der Waals surface area contributed by atoms with E-state index in [-0.39, 0.29) is 10.8 Å². The minimum atomic E-state index is -0.977. The maximum absolute atomic E-state index is 5.57. The van der Waals surface area contributed by atoms with Crippen molar-refractivity contribution in [3.63, 3.8) is 0 Å². The van der Waals surface area contributed by atoms with Gasteiger partial charge in [-0.05, 0) is 0 Å². The van der Waals surface area contributed by atoms with Crippen LogP contribution in [0.5, 0.6) is 0 Å². The van der Waals surface area contributed by atoms with Crippen LogP contribution in [0.1, 0.15) is 13.8 Å². The molecule has 0 aromatic heterocycles. The number of hydrogen-bond donors (Lipinski definition) is 0. The molecule has 2 nitrogen and oxygen atoms in total. The van der Waals surface area contributed by atoms with Crippen molar-refractivity contribution in [1.82, 2.24) is 0 Å². The molecule has 0 rings (SSSR count). The maximum Gasteiger partial charge on any atom is 0.304 e. The summed E-state index contributed by atoms with van der Waals surface area (Å²) >= 11 is 0. The van der Waals surface area contributed by atoms with Gasteiger partial charge in [0.25, 0.3) is 0 Å². The molecule has 0 saturated carbocycles. The molecule has 0 saturated heterocycles. The highest BCUT2D eigenvalue weighted by Gasteiger charge is 2.17. The van der Waals surface area contributed by atoms with E-state index in [0.29, 0.717) is 13.2 Å². The van der Waals surface area contributed by atoms with Crippen molar-refractivity contribution in [2.45, 2.75) is 13.8 Å². The highest BCUT2D eigenvalue weighted by Crippen LogP contribution is 2.20. The van der Waals surface area contributed by atoms with Gasteiger partial charge in [-0.1, -0.05) is 38.2 Å². The van der Waals surface area contributed by atoms with Gasteiger partial charge in [-0.2, -0.15) is 0 Å². The largest absolute Gasteiger partial charge is 0.398 e. The second kappa shape index (κ2) is 7.43. The lowest BCUT2D eigenvalue weighted by Crippen LogP contribution is -2.23. The lowest BCUT2D eigenvalue weighted by Gasteiger charge is -2.23. The van der Waals surface area contributed by atoms with Gasteiger partial charge in [0.15, 0.2) is 0 Å². The number of hydrogen-bond acceptors (Lipinski definition) is 2. The zero-order valence-electron chi connectivity index (χ0n) is 11.1. The van der Waals surface area contributed by atoms with Gasteiger partial charge < -0.3 is 8.85 Å². The van der Waals surface area contributed by atoms with E-state index < -0.39 is 10.0 Å². The standard InChI is InChI=1S/C14H24O2Si/c1-7-13(5,8-2)11-15-17-16-12-14(6,9-3)10-4/h7-10H,1-4,11-12,17H2,5-6H3. The second-order valence-corrected chi connectivity index (χ2v) is 5.70. The van der Waals surface area contributed by atoms with Gasteiger partial charge >= 0.3 is 10.0 Å². The molecule has 0 aromatic rings. The summed E-state index contributed by atoms with van der Waals surface area (Å²) in [4.78, 5) is 0. The molecule has 0 atom stereocenters. The van der Waals surface area contributed by atoms with Crippen LogP contribution in [0.25, 0.3) is 0 Å². The molecule has 0 fully saturated rings. The molecule has 0 heterocycles. The van der Waals surface area contributed by atoms with Crippen LogP contribution in [0.2, 0.25) is 0 Å². The Labute approximate surface area is 108 Å². The fraction of sp³-hybridized carbons (Fsp3) is 0.429. The zero-order chi connectivity index (χ0) is 13.4. The van der Waals surface area contributed by atoms with Gasteiger partial charge in [-0.25, -0.2) is 0 Å². The summed E-state index contributed by atoms with van der Waals surface area (Å²) in [7, 11) is -0.977. The first-order chi connectivity index (χ1) is 7.95.